The number of hydrogen-bond donors (Lipinski definition) is 0. The molecule has 0 N–H and O–H groups in total. The molecule has 68 valence electrons. The van der Waals surface area contributed by atoms with Crippen LogP contribution in [-0.2, 0) is 9.53 Å². The largest absolute Gasteiger partial charge is 0.462 e. The Hall–Kier alpha value is -0.670. The topological polar surface area (TPSA) is 26.3 Å². The van der Waals surface area contributed by atoms with Gasteiger partial charge in [0.1, 0.15) is 6.10 Å². The Kier molecular flexibility index (Phi) is 1.59. The van der Waals surface area contributed by atoms with Crippen molar-refractivity contribution in [2.45, 2.75) is 37.7 Å². The first kappa shape index (κ1) is 7.95. The molecule has 2 fully saturated rings. The zero-order valence-electron chi connectivity index (χ0n) is 6.56. The van der Waals surface area contributed by atoms with E-state index in [0.29, 0.717) is 12.8 Å². The summed E-state index contributed by atoms with van der Waals surface area (Å²) in [6.45, 7) is 0. The van der Waals surface area contributed by atoms with Crippen molar-refractivity contribution in [1.82, 2.24) is 0 Å². The number of halogens is 2. The summed E-state index contributed by atoms with van der Waals surface area (Å²) in [7, 11) is 0. The van der Waals surface area contributed by atoms with E-state index in [1.54, 1.807) is 0 Å². The van der Waals surface area contributed by atoms with Crippen LogP contribution in [0.1, 0.15) is 25.7 Å². The molecule has 0 radical (unpaired) electrons. The average Bonchev–Trinajstić information content (AvgIpc) is 2.30. The molecule has 2 rings (SSSR count). The second-order valence-electron chi connectivity index (χ2n) is 3.49. The summed E-state index contributed by atoms with van der Waals surface area (Å²) in [5, 5.41) is 0. The first-order chi connectivity index (χ1) is 5.59. The van der Waals surface area contributed by atoms with Crippen molar-refractivity contribution >= 4 is 5.97 Å². The molecule has 0 bridgehead atoms. The van der Waals surface area contributed by atoms with E-state index in [4.69, 9.17) is 4.74 Å². The number of fused-ring (bicyclic) bond motifs is 1. The molecule has 2 atom stereocenters. The summed E-state index contributed by atoms with van der Waals surface area (Å²) in [4.78, 5) is 10.7. The maximum absolute atomic E-state index is 13.1. The Morgan fingerprint density at radius 2 is 2.25 bits per heavy atom. The fraction of sp³-hybridized carbons (Fsp3) is 0.875. The molecule has 0 aromatic heterocycles. The van der Waals surface area contributed by atoms with Gasteiger partial charge in [-0.15, -0.1) is 0 Å². The monoisotopic (exact) mass is 176 g/mol. The summed E-state index contributed by atoms with van der Waals surface area (Å²) < 4.78 is 31.0. The van der Waals surface area contributed by atoms with Crippen LogP contribution in [0.3, 0.4) is 0 Å². The molecule has 2 nitrogen and oxygen atoms in total. The molecule has 0 amide bonds. The highest BCUT2D eigenvalue weighted by Crippen LogP contribution is 2.44. The number of rotatable bonds is 0. The molecule has 0 unspecified atom stereocenters. The molecule has 1 heterocycles. The van der Waals surface area contributed by atoms with Gasteiger partial charge in [-0.2, -0.15) is 0 Å². The van der Waals surface area contributed by atoms with Gasteiger partial charge in [0.05, 0.1) is 12.3 Å². The minimum Gasteiger partial charge on any atom is -0.462 e. The Morgan fingerprint density at radius 1 is 1.50 bits per heavy atom. The molecule has 1 saturated heterocycles. The van der Waals surface area contributed by atoms with Gasteiger partial charge in [0.2, 0.25) is 0 Å². The van der Waals surface area contributed by atoms with E-state index in [1.807, 2.05) is 0 Å². The summed E-state index contributed by atoms with van der Waals surface area (Å²) >= 11 is 0. The molecule has 12 heavy (non-hydrogen) atoms. The lowest BCUT2D eigenvalue weighted by Gasteiger charge is -2.30. The van der Waals surface area contributed by atoms with Gasteiger partial charge < -0.3 is 4.74 Å². The second kappa shape index (κ2) is 2.41. The Labute approximate surface area is 68.9 Å². The Morgan fingerprint density at radius 3 is 2.92 bits per heavy atom. The Bertz CT molecular complexity index is 215. The number of carbonyl (C=O) groups excluding carboxylic acids is 1. The van der Waals surface area contributed by atoms with Gasteiger partial charge in [0.15, 0.2) is 0 Å². The summed E-state index contributed by atoms with van der Waals surface area (Å²) in [6, 6.07) is 0. The zero-order valence-corrected chi connectivity index (χ0v) is 6.56. The summed E-state index contributed by atoms with van der Waals surface area (Å²) in [5.41, 5.74) is 0. The van der Waals surface area contributed by atoms with E-state index >= 15 is 0 Å². The third-order valence-electron chi connectivity index (χ3n) is 2.66. The SMILES string of the molecule is O=C1C[C@H]2[C@H](CCCC2(F)F)O1. The third-order valence-corrected chi connectivity index (χ3v) is 2.66. The molecule has 1 saturated carbocycles. The highest BCUT2D eigenvalue weighted by atomic mass is 19.3. The fourth-order valence-corrected chi connectivity index (χ4v) is 2.02. The van der Waals surface area contributed by atoms with Gasteiger partial charge in [-0.05, 0) is 12.8 Å². The van der Waals surface area contributed by atoms with Gasteiger partial charge >= 0.3 is 5.97 Å². The van der Waals surface area contributed by atoms with E-state index < -0.39 is 23.9 Å². The van der Waals surface area contributed by atoms with Crippen molar-refractivity contribution in [1.29, 1.82) is 0 Å². The first-order valence-electron chi connectivity index (χ1n) is 4.17. The number of esters is 1. The quantitative estimate of drug-likeness (QED) is 0.525. The van der Waals surface area contributed by atoms with E-state index in [9.17, 15) is 13.6 Å². The molecule has 1 aliphatic carbocycles. The van der Waals surface area contributed by atoms with Crippen molar-refractivity contribution in [2.24, 2.45) is 5.92 Å². The lowest BCUT2D eigenvalue weighted by Crippen LogP contribution is -2.38. The molecule has 0 spiro atoms. The molecular weight excluding hydrogens is 166 g/mol. The predicted molar refractivity (Wildman–Crippen MR) is 36.8 cm³/mol. The molecule has 1 aliphatic heterocycles. The summed E-state index contributed by atoms with van der Waals surface area (Å²) in [6.07, 6.45) is 0.358. The van der Waals surface area contributed by atoms with Crippen LogP contribution in [0.25, 0.3) is 0 Å². The van der Waals surface area contributed by atoms with Crippen LogP contribution in [0.5, 0.6) is 0 Å². The number of carbonyl (C=O) groups is 1. The molecule has 2 aliphatic rings. The van der Waals surface area contributed by atoms with Gasteiger partial charge in [-0.3, -0.25) is 4.79 Å². The maximum atomic E-state index is 13.1. The van der Waals surface area contributed by atoms with E-state index in [-0.39, 0.29) is 12.8 Å². The average molecular weight is 176 g/mol. The second-order valence-corrected chi connectivity index (χ2v) is 3.49. The van der Waals surface area contributed by atoms with Crippen LogP contribution in [0.4, 0.5) is 8.78 Å². The number of hydrogen-bond acceptors (Lipinski definition) is 2. The van der Waals surface area contributed by atoms with E-state index in [2.05, 4.69) is 0 Å². The maximum Gasteiger partial charge on any atom is 0.306 e. The minimum atomic E-state index is -2.69. The van der Waals surface area contributed by atoms with Gasteiger partial charge in [-0.1, -0.05) is 0 Å². The van der Waals surface area contributed by atoms with Crippen molar-refractivity contribution in [3.63, 3.8) is 0 Å². The van der Waals surface area contributed by atoms with Crippen LogP contribution in [0.2, 0.25) is 0 Å². The molecule has 0 aromatic rings. The van der Waals surface area contributed by atoms with Gasteiger partial charge in [-0.25, -0.2) is 8.78 Å². The lowest BCUT2D eigenvalue weighted by atomic mass is 9.83. The van der Waals surface area contributed by atoms with Gasteiger partial charge in [0, 0.05) is 6.42 Å². The first-order valence-corrected chi connectivity index (χ1v) is 4.17. The van der Waals surface area contributed by atoms with Crippen LogP contribution in [-0.4, -0.2) is 18.0 Å². The van der Waals surface area contributed by atoms with Crippen molar-refractivity contribution in [3.8, 4) is 0 Å². The molecule has 0 aromatic carbocycles. The Balaban J connectivity index is 2.18. The standard InChI is InChI=1S/C8H10F2O2/c9-8(10)3-1-2-6-5(8)4-7(11)12-6/h5-6H,1-4H2/t5-,6-/m0/s1. The molecule has 4 heteroatoms. The normalized spacial score (nSPS) is 39.0. The van der Waals surface area contributed by atoms with Crippen LogP contribution >= 0.6 is 0 Å². The van der Waals surface area contributed by atoms with E-state index in [0.717, 1.165) is 0 Å². The van der Waals surface area contributed by atoms with Crippen LogP contribution in [0.15, 0.2) is 0 Å². The highest BCUT2D eigenvalue weighted by Gasteiger charge is 2.52. The van der Waals surface area contributed by atoms with Crippen LogP contribution in [0, 0.1) is 5.92 Å². The minimum absolute atomic E-state index is 0.0925. The van der Waals surface area contributed by atoms with Crippen molar-refractivity contribution in [3.05, 3.63) is 0 Å². The smallest absolute Gasteiger partial charge is 0.306 e. The van der Waals surface area contributed by atoms with Gasteiger partial charge in [0.25, 0.3) is 5.92 Å². The summed E-state index contributed by atoms with van der Waals surface area (Å²) in [5.74, 6) is -4.00. The third kappa shape index (κ3) is 1.09. The van der Waals surface area contributed by atoms with Crippen molar-refractivity contribution in [2.75, 3.05) is 0 Å². The fourth-order valence-electron chi connectivity index (χ4n) is 2.02. The number of alkyl halides is 2. The van der Waals surface area contributed by atoms with Crippen molar-refractivity contribution < 1.29 is 18.3 Å². The predicted octanol–water partition coefficient (Wildman–Crippen LogP) is 1.74. The lowest BCUT2D eigenvalue weighted by molar-refractivity contribution is -0.145. The van der Waals surface area contributed by atoms with E-state index in [1.165, 1.54) is 0 Å². The molecular formula is C8H10F2O2. The highest BCUT2D eigenvalue weighted by molar-refractivity contribution is 5.72. The zero-order chi connectivity index (χ0) is 8.77. The number of ether oxygens (including phenoxy) is 1. The van der Waals surface area contributed by atoms with Crippen LogP contribution < -0.4 is 0 Å².